The fraction of sp³-hybridized carbons (Fsp3) is 0.545. The molecule has 5 heteroatoms. The summed E-state index contributed by atoms with van der Waals surface area (Å²) in [7, 11) is 0. The number of aryl methyl sites for hydroxylation is 1. The third-order valence-electron chi connectivity index (χ3n) is 2.93. The van der Waals surface area contributed by atoms with Gasteiger partial charge in [0.05, 0.1) is 5.56 Å². The molecule has 1 saturated carbocycles. The summed E-state index contributed by atoms with van der Waals surface area (Å²) in [6, 6.07) is 0.415. The van der Waals surface area contributed by atoms with Gasteiger partial charge in [-0.3, -0.25) is 4.79 Å². The zero-order valence-electron chi connectivity index (χ0n) is 9.34. The predicted molar refractivity (Wildman–Crippen MR) is 63.4 cm³/mol. The lowest BCUT2D eigenvalue weighted by Gasteiger charge is -2.27. The van der Waals surface area contributed by atoms with Crippen LogP contribution in [0.15, 0.2) is 4.79 Å². The van der Waals surface area contributed by atoms with Gasteiger partial charge in [-0.2, -0.15) is 0 Å². The summed E-state index contributed by atoms with van der Waals surface area (Å²) in [5, 5.41) is 10.5. The molecule has 0 amide bonds. The van der Waals surface area contributed by atoms with Gasteiger partial charge >= 0.3 is 0 Å². The minimum atomic E-state index is -0.233. The molecule has 0 aromatic carbocycles. The van der Waals surface area contributed by atoms with Crippen molar-refractivity contribution < 1.29 is 0 Å². The molecule has 2 rings (SSSR count). The molecule has 0 unspecified atom stereocenters. The van der Waals surface area contributed by atoms with E-state index >= 15 is 0 Å². The minimum Gasteiger partial charge on any atom is -0.367 e. The molecular weight excluding hydrogens is 204 g/mol. The van der Waals surface area contributed by atoms with E-state index in [0.29, 0.717) is 29.7 Å². The number of nitrogens with zero attached hydrogens (tertiary/aromatic N) is 1. The van der Waals surface area contributed by atoms with Crippen molar-refractivity contribution in [2.75, 3.05) is 5.32 Å². The smallest absolute Gasteiger partial charge is 0.261 e. The van der Waals surface area contributed by atoms with Crippen LogP contribution in [-0.2, 0) is 6.42 Å². The second-order valence-corrected chi connectivity index (χ2v) is 4.04. The van der Waals surface area contributed by atoms with E-state index in [1.807, 2.05) is 6.92 Å². The van der Waals surface area contributed by atoms with Gasteiger partial charge in [-0.1, -0.05) is 6.92 Å². The average Bonchev–Trinajstić information content (AvgIpc) is 2.22. The second kappa shape index (κ2) is 4.47. The van der Waals surface area contributed by atoms with Crippen LogP contribution in [0.3, 0.4) is 0 Å². The molecular formula is C11H16N4O. The quantitative estimate of drug-likeness (QED) is 0.669. The van der Waals surface area contributed by atoms with Crippen LogP contribution >= 0.6 is 0 Å². The predicted octanol–water partition coefficient (Wildman–Crippen LogP) is 1.29. The van der Waals surface area contributed by atoms with E-state index < -0.39 is 0 Å². The molecule has 1 aliphatic carbocycles. The number of H-pyrrole nitrogens is 1. The molecule has 0 bridgehead atoms. The van der Waals surface area contributed by atoms with Crippen LogP contribution in [0.1, 0.15) is 37.6 Å². The Morgan fingerprint density at radius 3 is 2.88 bits per heavy atom. The fourth-order valence-electron chi connectivity index (χ4n) is 1.69. The van der Waals surface area contributed by atoms with Gasteiger partial charge in [0.2, 0.25) is 0 Å². The van der Waals surface area contributed by atoms with Crippen LogP contribution in [0.2, 0.25) is 0 Å². The molecule has 5 nitrogen and oxygen atoms in total. The molecule has 1 aromatic heterocycles. The molecule has 86 valence electrons. The van der Waals surface area contributed by atoms with Gasteiger partial charge in [0, 0.05) is 18.7 Å². The highest BCUT2D eigenvalue weighted by atomic mass is 16.1. The zero-order chi connectivity index (χ0) is 11.5. The maximum Gasteiger partial charge on any atom is 0.261 e. The van der Waals surface area contributed by atoms with E-state index in [0.717, 1.165) is 19.1 Å². The molecule has 1 aliphatic rings. The maximum absolute atomic E-state index is 11.7. The van der Waals surface area contributed by atoms with Crippen LogP contribution in [0.4, 0.5) is 5.82 Å². The fourth-order valence-corrected chi connectivity index (χ4v) is 1.69. The monoisotopic (exact) mass is 220 g/mol. The number of aromatic amines is 1. The number of anilines is 1. The molecule has 1 heterocycles. The molecule has 1 fully saturated rings. The Kier molecular flexibility index (Phi) is 3.03. The Morgan fingerprint density at radius 2 is 2.38 bits per heavy atom. The SMILES string of the molecule is CCc1nc(NC2CCC2)c(C=N)c(=O)[nH]1. The van der Waals surface area contributed by atoms with Crippen LogP contribution in [0.25, 0.3) is 0 Å². The topological polar surface area (TPSA) is 81.6 Å². The Morgan fingerprint density at radius 1 is 1.62 bits per heavy atom. The lowest BCUT2D eigenvalue weighted by molar-refractivity contribution is 0.444. The third-order valence-corrected chi connectivity index (χ3v) is 2.93. The lowest BCUT2D eigenvalue weighted by Crippen LogP contribution is -2.30. The van der Waals surface area contributed by atoms with Crippen molar-refractivity contribution in [2.24, 2.45) is 0 Å². The summed E-state index contributed by atoms with van der Waals surface area (Å²) in [5.41, 5.74) is 0.0905. The van der Waals surface area contributed by atoms with Gasteiger partial charge in [0.1, 0.15) is 11.6 Å². The summed E-state index contributed by atoms with van der Waals surface area (Å²) in [4.78, 5) is 18.6. The zero-order valence-corrected chi connectivity index (χ0v) is 9.34. The summed E-state index contributed by atoms with van der Waals surface area (Å²) in [6.07, 6.45) is 5.21. The van der Waals surface area contributed by atoms with Gasteiger partial charge in [-0.05, 0) is 19.3 Å². The highest BCUT2D eigenvalue weighted by Crippen LogP contribution is 2.22. The van der Waals surface area contributed by atoms with Gasteiger partial charge in [-0.25, -0.2) is 4.98 Å². The van der Waals surface area contributed by atoms with E-state index in [-0.39, 0.29) is 5.56 Å². The maximum atomic E-state index is 11.7. The molecule has 0 radical (unpaired) electrons. The first-order valence-electron chi connectivity index (χ1n) is 5.64. The summed E-state index contributed by atoms with van der Waals surface area (Å²) in [6.45, 7) is 1.94. The van der Waals surface area contributed by atoms with Crippen LogP contribution in [0, 0.1) is 5.41 Å². The van der Waals surface area contributed by atoms with E-state index in [4.69, 9.17) is 5.41 Å². The first-order valence-corrected chi connectivity index (χ1v) is 5.64. The van der Waals surface area contributed by atoms with E-state index in [1.54, 1.807) is 0 Å². The number of rotatable bonds is 4. The Bertz CT molecular complexity index is 448. The highest BCUT2D eigenvalue weighted by Gasteiger charge is 2.19. The standard InChI is InChI=1S/C11H16N4O/c1-2-9-14-10(13-7-4-3-5-7)8(6-12)11(16)15-9/h6-7,12H,2-5H2,1H3,(H2,13,14,15,16). The van der Waals surface area contributed by atoms with Crippen molar-refractivity contribution in [2.45, 2.75) is 38.6 Å². The molecule has 0 spiro atoms. The summed E-state index contributed by atoms with van der Waals surface area (Å²) < 4.78 is 0. The Balaban J connectivity index is 2.34. The largest absolute Gasteiger partial charge is 0.367 e. The normalized spacial score (nSPS) is 15.6. The first-order chi connectivity index (χ1) is 7.74. The molecule has 0 atom stereocenters. The van der Waals surface area contributed by atoms with Crippen molar-refractivity contribution in [3.8, 4) is 0 Å². The Labute approximate surface area is 93.8 Å². The molecule has 0 aliphatic heterocycles. The third kappa shape index (κ3) is 1.98. The van der Waals surface area contributed by atoms with Gasteiger partial charge in [0.15, 0.2) is 0 Å². The number of aromatic nitrogens is 2. The van der Waals surface area contributed by atoms with Crippen LogP contribution < -0.4 is 10.9 Å². The number of nitrogens with one attached hydrogen (secondary N) is 3. The number of hydrogen-bond acceptors (Lipinski definition) is 4. The average molecular weight is 220 g/mol. The molecule has 1 aromatic rings. The van der Waals surface area contributed by atoms with Crippen LogP contribution in [-0.4, -0.2) is 22.2 Å². The summed E-state index contributed by atoms with van der Waals surface area (Å²) >= 11 is 0. The molecule has 3 N–H and O–H groups in total. The lowest BCUT2D eigenvalue weighted by atomic mass is 9.93. The van der Waals surface area contributed by atoms with Gasteiger partial charge in [-0.15, -0.1) is 0 Å². The second-order valence-electron chi connectivity index (χ2n) is 4.04. The number of hydrogen-bond donors (Lipinski definition) is 3. The van der Waals surface area contributed by atoms with E-state index in [1.165, 1.54) is 6.42 Å². The van der Waals surface area contributed by atoms with Crippen molar-refractivity contribution in [3.63, 3.8) is 0 Å². The highest BCUT2D eigenvalue weighted by molar-refractivity contribution is 5.83. The first kappa shape index (κ1) is 10.9. The summed E-state index contributed by atoms with van der Waals surface area (Å²) in [5.74, 6) is 1.22. The van der Waals surface area contributed by atoms with Gasteiger partial charge in [0.25, 0.3) is 5.56 Å². The Hall–Kier alpha value is -1.65. The van der Waals surface area contributed by atoms with Gasteiger partial charge < -0.3 is 15.7 Å². The van der Waals surface area contributed by atoms with Crippen molar-refractivity contribution in [3.05, 3.63) is 21.7 Å². The molecule has 16 heavy (non-hydrogen) atoms. The van der Waals surface area contributed by atoms with E-state index in [2.05, 4.69) is 15.3 Å². The van der Waals surface area contributed by atoms with E-state index in [9.17, 15) is 4.79 Å². The van der Waals surface area contributed by atoms with Crippen LogP contribution in [0.5, 0.6) is 0 Å². The molecule has 0 saturated heterocycles. The van der Waals surface area contributed by atoms with Crippen molar-refractivity contribution in [1.29, 1.82) is 5.41 Å². The minimum absolute atomic E-state index is 0.233. The van der Waals surface area contributed by atoms with Crippen molar-refractivity contribution in [1.82, 2.24) is 9.97 Å². The van der Waals surface area contributed by atoms with Crippen molar-refractivity contribution >= 4 is 12.0 Å².